The van der Waals surface area contributed by atoms with Crippen molar-refractivity contribution in [2.24, 2.45) is 0 Å². The van der Waals surface area contributed by atoms with Gasteiger partial charge in [0.2, 0.25) is 0 Å². The average Bonchev–Trinajstić information content (AvgIpc) is 2.07. The van der Waals surface area contributed by atoms with Crippen LogP contribution in [0.15, 0.2) is 12.1 Å². The summed E-state index contributed by atoms with van der Waals surface area (Å²) in [4.78, 5) is 2.00. The molecule has 1 aromatic rings. The molecule has 0 bridgehead atoms. The standard InChI is InChI=1S/C6H2F3.C3H9N.Sn.H/c7-4-2-1-3-5(8)6(4)9;1-4(2)3;;/h1-2H;1-3H3;;. The van der Waals surface area contributed by atoms with Crippen molar-refractivity contribution in [2.75, 3.05) is 21.1 Å². The number of rotatable bonds is 0. The third kappa shape index (κ3) is 4.85. The van der Waals surface area contributed by atoms with Gasteiger partial charge in [-0.05, 0) is 21.1 Å². The Balaban J connectivity index is 0.000000364. The van der Waals surface area contributed by atoms with Crippen LogP contribution in [0, 0.1) is 17.5 Å². The van der Waals surface area contributed by atoms with E-state index in [-0.39, 0.29) is 3.58 Å². The van der Waals surface area contributed by atoms with E-state index in [1.54, 1.807) is 0 Å². The number of hydrogen-bond acceptors (Lipinski definition) is 1. The van der Waals surface area contributed by atoms with Crippen LogP contribution in [-0.4, -0.2) is 48.6 Å². The Hall–Kier alpha value is -0.231. The summed E-state index contributed by atoms with van der Waals surface area (Å²) in [5.74, 6) is -3.55. The second kappa shape index (κ2) is 6.29. The fraction of sp³-hybridized carbons (Fsp3) is 0.333. The van der Waals surface area contributed by atoms with Crippen LogP contribution in [0.1, 0.15) is 0 Å². The predicted octanol–water partition coefficient (Wildman–Crippen LogP) is 0.808. The van der Waals surface area contributed by atoms with Crippen molar-refractivity contribution in [1.29, 1.82) is 0 Å². The van der Waals surface area contributed by atoms with Crippen molar-refractivity contribution in [2.45, 2.75) is 0 Å². The van der Waals surface area contributed by atoms with E-state index in [1.807, 2.05) is 26.0 Å². The molecule has 0 aliphatic carbocycles. The Morgan fingerprint density at radius 3 is 1.79 bits per heavy atom. The molecule has 0 heterocycles. The third-order valence-electron chi connectivity index (χ3n) is 1.07. The van der Waals surface area contributed by atoms with Crippen molar-refractivity contribution in [3.63, 3.8) is 0 Å². The zero-order chi connectivity index (χ0) is 11.3. The minimum atomic E-state index is -1.37. The van der Waals surface area contributed by atoms with Crippen molar-refractivity contribution in [3.05, 3.63) is 29.6 Å². The Labute approximate surface area is 95.0 Å². The quantitative estimate of drug-likeness (QED) is 0.506. The molecule has 0 fully saturated rings. The molecule has 0 spiro atoms. The van der Waals surface area contributed by atoms with Gasteiger partial charge in [0.05, 0.1) is 0 Å². The van der Waals surface area contributed by atoms with E-state index in [0.29, 0.717) is 22.5 Å². The average molecular weight is 310 g/mol. The first-order valence-electron chi connectivity index (χ1n) is 3.86. The first-order chi connectivity index (χ1) is 6.36. The molecule has 1 nitrogen and oxygen atoms in total. The molecule has 0 aromatic heterocycles. The van der Waals surface area contributed by atoms with Gasteiger partial charge in [0.15, 0.2) is 0 Å². The van der Waals surface area contributed by atoms with Gasteiger partial charge in [-0.15, -0.1) is 0 Å². The summed E-state index contributed by atoms with van der Waals surface area (Å²) in [7, 11) is 6.00. The van der Waals surface area contributed by atoms with Gasteiger partial charge in [-0.25, -0.2) is 0 Å². The second-order valence-corrected chi connectivity index (χ2v) is 4.88. The van der Waals surface area contributed by atoms with Crippen molar-refractivity contribution in [1.82, 2.24) is 4.90 Å². The number of nitrogens with zero attached hydrogens (tertiary/aromatic N) is 1. The number of benzene rings is 1. The van der Waals surface area contributed by atoms with Crippen molar-refractivity contribution < 1.29 is 13.2 Å². The van der Waals surface area contributed by atoms with Crippen LogP contribution in [-0.2, 0) is 0 Å². The van der Waals surface area contributed by atoms with Gasteiger partial charge in [0.1, 0.15) is 0 Å². The summed E-state index contributed by atoms with van der Waals surface area (Å²) in [5, 5.41) is 0. The Kier molecular flexibility index (Phi) is 6.19. The Morgan fingerprint density at radius 1 is 1.00 bits per heavy atom. The van der Waals surface area contributed by atoms with Gasteiger partial charge < -0.3 is 4.90 Å². The molecule has 5 heteroatoms. The molecule has 0 amide bonds. The molecule has 0 N–H and O–H groups in total. The maximum absolute atomic E-state index is 12.4. The van der Waals surface area contributed by atoms with Gasteiger partial charge in [-0.2, -0.15) is 0 Å². The summed E-state index contributed by atoms with van der Waals surface area (Å²) in [6.45, 7) is 0. The van der Waals surface area contributed by atoms with E-state index >= 15 is 0 Å². The first kappa shape index (κ1) is 13.8. The summed E-state index contributed by atoms with van der Waals surface area (Å²) in [6, 6.07) is 2.18. The molecule has 1 rings (SSSR count). The molecule has 0 aliphatic heterocycles. The third-order valence-corrected chi connectivity index (χ3v) is 2.34. The van der Waals surface area contributed by atoms with Gasteiger partial charge in [0, 0.05) is 0 Å². The van der Waals surface area contributed by atoms with Gasteiger partial charge in [-0.3, -0.25) is 0 Å². The maximum atomic E-state index is 12.4. The van der Waals surface area contributed by atoms with E-state index in [2.05, 4.69) is 0 Å². The fourth-order valence-corrected chi connectivity index (χ4v) is 1.18. The van der Waals surface area contributed by atoms with Crippen LogP contribution in [0.5, 0.6) is 0 Å². The summed E-state index contributed by atoms with van der Waals surface area (Å²) in [6.07, 6.45) is 0. The second-order valence-electron chi connectivity index (χ2n) is 3.11. The zero-order valence-electron chi connectivity index (χ0n) is 8.31. The monoisotopic (exact) mass is 311 g/mol. The molecule has 0 saturated heterocycles. The van der Waals surface area contributed by atoms with Crippen LogP contribution in [0.25, 0.3) is 0 Å². The van der Waals surface area contributed by atoms with Gasteiger partial charge in [0.25, 0.3) is 0 Å². The van der Waals surface area contributed by atoms with Crippen molar-refractivity contribution >= 4 is 26.1 Å². The van der Waals surface area contributed by atoms with Crippen LogP contribution >= 0.6 is 0 Å². The summed E-state index contributed by atoms with van der Waals surface area (Å²) < 4.78 is 37.1. The molecule has 14 heavy (non-hydrogen) atoms. The Bertz CT molecular complexity index is 273. The molecule has 1 aromatic carbocycles. The van der Waals surface area contributed by atoms with E-state index in [4.69, 9.17) is 0 Å². The Morgan fingerprint density at radius 2 is 1.43 bits per heavy atom. The van der Waals surface area contributed by atoms with Crippen molar-refractivity contribution in [3.8, 4) is 0 Å². The molecule has 0 saturated carbocycles. The molecule has 2 radical (unpaired) electrons. The molecule has 78 valence electrons. The topological polar surface area (TPSA) is 3.24 Å². The van der Waals surface area contributed by atoms with E-state index in [9.17, 15) is 13.2 Å². The summed E-state index contributed by atoms with van der Waals surface area (Å²) in [5.41, 5.74) is 0. The van der Waals surface area contributed by atoms with E-state index < -0.39 is 17.5 Å². The SMILES string of the molecule is CN(C)C.Fc1cc[c]([SnH])c(F)c1F. The zero-order valence-corrected chi connectivity index (χ0v) is 11.6. The molecule has 0 atom stereocenters. The van der Waals surface area contributed by atoms with Crippen LogP contribution in [0.2, 0.25) is 0 Å². The molecule has 0 aliphatic rings. The van der Waals surface area contributed by atoms with Crippen LogP contribution in [0.4, 0.5) is 13.2 Å². The number of hydrogen-bond donors (Lipinski definition) is 0. The van der Waals surface area contributed by atoms with Gasteiger partial charge in [-0.1, -0.05) is 0 Å². The van der Waals surface area contributed by atoms with E-state index in [0.717, 1.165) is 6.07 Å². The minimum absolute atomic E-state index is 0.240. The molecular weight excluding hydrogens is 298 g/mol. The van der Waals surface area contributed by atoms with Crippen LogP contribution in [0.3, 0.4) is 0 Å². The normalized spacial score (nSPS) is 9.71. The molecular formula is C9H12F3NSn. The summed E-state index contributed by atoms with van der Waals surface area (Å²) >= 11 is 0.454. The van der Waals surface area contributed by atoms with Crippen LogP contribution < -0.4 is 3.58 Å². The first-order valence-corrected chi connectivity index (χ1v) is 5.51. The van der Waals surface area contributed by atoms with Gasteiger partial charge >= 0.3 is 68.9 Å². The van der Waals surface area contributed by atoms with E-state index in [1.165, 1.54) is 6.07 Å². The molecule has 0 unspecified atom stereocenters. The predicted molar refractivity (Wildman–Crippen MR) is 52.7 cm³/mol. The number of halogens is 3. The fourth-order valence-electron chi connectivity index (χ4n) is 0.541.